The molecule has 22 heavy (non-hydrogen) atoms. The summed E-state index contributed by atoms with van der Waals surface area (Å²) >= 11 is 0. The van der Waals surface area contributed by atoms with Crippen molar-refractivity contribution in [3.05, 3.63) is 75.3 Å². The summed E-state index contributed by atoms with van der Waals surface area (Å²) in [6, 6.07) is 13.5. The number of non-ortho nitro benzene ring substituents is 1. The topological polar surface area (TPSA) is 63.5 Å². The summed E-state index contributed by atoms with van der Waals surface area (Å²) in [4.78, 5) is 24.5. The third kappa shape index (κ3) is 3.31. The molecule has 0 bridgehead atoms. The average Bonchev–Trinajstić information content (AvgIpc) is 2.53. The van der Waals surface area contributed by atoms with Gasteiger partial charge in [0.1, 0.15) is 0 Å². The molecule has 2 aromatic rings. The largest absolute Gasteiger partial charge is 0.335 e. The number of benzene rings is 2. The van der Waals surface area contributed by atoms with Crippen LogP contribution < -0.4 is 0 Å². The van der Waals surface area contributed by atoms with E-state index in [2.05, 4.69) is 0 Å². The van der Waals surface area contributed by atoms with Crippen LogP contribution in [0.1, 0.15) is 34.5 Å². The molecular formula is C17H18N2O3. The molecule has 0 aliphatic carbocycles. The van der Waals surface area contributed by atoms with Crippen LogP contribution >= 0.6 is 0 Å². The third-order valence-corrected chi connectivity index (χ3v) is 3.76. The van der Waals surface area contributed by atoms with Gasteiger partial charge in [-0.05, 0) is 31.5 Å². The quantitative estimate of drug-likeness (QED) is 0.638. The zero-order chi connectivity index (χ0) is 16.3. The molecule has 114 valence electrons. The van der Waals surface area contributed by atoms with Gasteiger partial charge in [-0.1, -0.05) is 29.8 Å². The first-order valence-electron chi connectivity index (χ1n) is 6.98. The van der Waals surface area contributed by atoms with Gasteiger partial charge in [0.05, 0.1) is 11.0 Å². The summed E-state index contributed by atoms with van der Waals surface area (Å²) in [5.74, 6) is -0.112. The van der Waals surface area contributed by atoms with E-state index in [4.69, 9.17) is 0 Å². The maximum absolute atomic E-state index is 12.5. The lowest BCUT2D eigenvalue weighted by Gasteiger charge is -2.25. The van der Waals surface area contributed by atoms with Crippen LogP contribution in [0.3, 0.4) is 0 Å². The SMILES string of the molecule is Cc1ccc(C(=O)N(C)[C@H](C)c2cccc([N+](=O)[O-])c2)cc1. The number of aryl methyl sites for hydroxylation is 1. The minimum atomic E-state index is -0.433. The number of nitro benzene ring substituents is 1. The van der Waals surface area contributed by atoms with E-state index in [1.165, 1.54) is 12.1 Å². The first kappa shape index (κ1) is 15.7. The van der Waals surface area contributed by atoms with Crippen molar-refractivity contribution in [2.45, 2.75) is 19.9 Å². The van der Waals surface area contributed by atoms with Crippen molar-refractivity contribution in [2.24, 2.45) is 0 Å². The Morgan fingerprint density at radius 3 is 2.41 bits per heavy atom. The standard InChI is InChI=1S/C17H18N2O3/c1-12-7-9-14(10-8-12)17(20)18(3)13(2)15-5-4-6-16(11-15)19(21)22/h4-11,13H,1-3H3/t13-/m1/s1. The molecule has 0 saturated heterocycles. The predicted molar refractivity (Wildman–Crippen MR) is 84.8 cm³/mol. The highest BCUT2D eigenvalue weighted by atomic mass is 16.6. The summed E-state index contributed by atoms with van der Waals surface area (Å²) < 4.78 is 0. The van der Waals surface area contributed by atoms with Crippen molar-refractivity contribution in [3.63, 3.8) is 0 Å². The second kappa shape index (κ2) is 6.39. The Balaban J connectivity index is 2.22. The van der Waals surface area contributed by atoms with Gasteiger partial charge in [-0.25, -0.2) is 0 Å². The fraction of sp³-hybridized carbons (Fsp3) is 0.235. The van der Waals surface area contributed by atoms with Gasteiger partial charge in [0.2, 0.25) is 0 Å². The van der Waals surface area contributed by atoms with Crippen LogP contribution in [0.5, 0.6) is 0 Å². The van der Waals surface area contributed by atoms with Gasteiger partial charge < -0.3 is 4.90 Å². The van der Waals surface area contributed by atoms with Crippen LogP contribution in [-0.2, 0) is 0 Å². The molecule has 0 aliphatic heterocycles. The minimum absolute atomic E-state index is 0.0283. The van der Waals surface area contributed by atoms with E-state index in [1.807, 2.05) is 26.0 Å². The highest BCUT2D eigenvalue weighted by Crippen LogP contribution is 2.24. The second-order valence-corrected chi connectivity index (χ2v) is 5.31. The Hall–Kier alpha value is -2.69. The average molecular weight is 298 g/mol. The van der Waals surface area contributed by atoms with Crippen molar-refractivity contribution < 1.29 is 9.72 Å². The maximum atomic E-state index is 12.5. The first-order valence-corrected chi connectivity index (χ1v) is 6.98. The molecule has 0 fully saturated rings. The van der Waals surface area contributed by atoms with Crippen LogP contribution in [0.2, 0.25) is 0 Å². The summed E-state index contributed by atoms with van der Waals surface area (Å²) in [6.45, 7) is 3.81. The molecule has 2 aromatic carbocycles. The first-order chi connectivity index (χ1) is 10.4. The van der Waals surface area contributed by atoms with E-state index in [9.17, 15) is 14.9 Å². The Morgan fingerprint density at radius 2 is 1.82 bits per heavy atom. The van der Waals surface area contributed by atoms with Gasteiger partial charge in [0.25, 0.3) is 11.6 Å². The molecule has 1 atom stereocenters. The number of nitrogens with zero attached hydrogens (tertiary/aromatic N) is 2. The molecule has 1 amide bonds. The predicted octanol–water partition coefficient (Wildman–Crippen LogP) is 3.74. The molecule has 0 heterocycles. The molecule has 0 aromatic heterocycles. The van der Waals surface area contributed by atoms with Crippen LogP contribution in [-0.4, -0.2) is 22.8 Å². The number of carbonyl (C=O) groups is 1. The van der Waals surface area contributed by atoms with Crippen molar-refractivity contribution in [1.29, 1.82) is 0 Å². The Labute approximate surface area is 129 Å². The molecule has 0 radical (unpaired) electrons. The monoisotopic (exact) mass is 298 g/mol. The number of carbonyl (C=O) groups excluding carboxylic acids is 1. The number of rotatable bonds is 4. The molecule has 0 N–H and O–H groups in total. The van der Waals surface area contributed by atoms with Crippen LogP contribution in [0.15, 0.2) is 48.5 Å². The fourth-order valence-electron chi connectivity index (χ4n) is 2.20. The maximum Gasteiger partial charge on any atom is 0.269 e. The molecule has 2 rings (SSSR count). The molecule has 0 spiro atoms. The Bertz CT molecular complexity index is 695. The van der Waals surface area contributed by atoms with Crippen LogP contribution in [0.25, 0.3) is 0 Å². The summed E-state index contributed by atoms with van der Waals surface area (Å²) in [5.41, 5.74) is 2.45. The summed E-state index contributed by atoms with van der Waals surface area (Å²) in [7, 11) is 1.70. The van der Waals surface area contributed by atoms with Crippen molar-refractivity contribution in [3.8, 4) is 0 Å². The van der Waals surface area contributed by atoms with Gasteiger partial charge in [-0.2, -0.15) is 0 Å². The van der Waals surface area contributed by atoms with Gasteiger partial charge in [0, 0.05) is 24.7 Å². The highest BCUT2D eigenvalue weighted by molar-refractivity contribution is 5.94. The summed E-state index contributed by atoms with van der Waals surface area (Å²) in [5, 5.41) is 10.9. The van der Waals surface area contributed by atoms with E-state index in [0.717, 1.165) is 11.1 Å². The van der Waals surface area contributed by atoms with Gasteiger partial charge >= 0.3 is 0 Å². The number of nitro groups is 1. The second-order valence-electron chi connectivity index (χ2n) is 5.31. The molecule has 5 nitrogen and oxygen atoms in total. The minimum Gasteiger partial charge on any atom is -0.335 e. The lowest BCUT2D eigenvalue weighted by atomic mass is 10.1. The Kier molecular flexibility index (Phi) is 4.56. The zero-order valence-electron chi connectivity index (χ0n) is 12.8. The van der Waals surface area contributed by atoms with E-state index >= 15 is 0 Å². The normalized spacial score (nSPS) is 11.8. The van der Waals surface area contributed by atoms with E-state index in [-0.39, 0.29) is 17.6 Å². The van der Waals surface area contributed by atoms with Gasteiger partial charge in [0.15, 0.2) is 0 Å². The van der Waals surface area contributed by atoms with E-state index in [1.54, 1.807) is 36.2 Å². The zero-order valence-corrected chi connectivity index (χ0v) is 12.8. The highest BCUT2D eigenvalue weighted by Gasteiger charge is 2.20. The fourth-order valence-corrected chi connectivity index (χ4v) is 2.20. The number of hydrogen-bond acceptors (Lipinski definition) is 3. The van der Waals surface area contributed by atoms with E-state index in [0.29, 0.717) is 5.56 Å². The van der Waals surface area contributed by atoms with Gasteiger partial charge in [-0.15, -0.1) is 0 Å². The van der Waals surface area contributed by atoms with Crippen molar-refractivity contribution in [1.82, 2.24) is 4.90 Å². The van der Waals surface area contributed by atoms with Crippen molar-refractivity contribution in [2.75, 3.05) is 7.05 Å². The smallest absolute Gasteiger partial charge is 0.269 e. The lowest BCUT2D eigenvalue weighted by Crippen LogP contribution is -2.29. The Morgan fingerprint density at radius 1 is 1.18 bits per heavy atom. The van der Waals surface area contributed by atoms with Crippen molar-refractivity contribution >= 4 is 11.6 Å². The molecule has 0 unspecified atom stereocenters. The third-order valence-electron chi connectivity index (χ3n) is 3.76. The number of hydrogen-bond donors (Lipinski definition) is 0. The molecule has 5 heteroatoms. The molecular weight excluding hydrogens is 280 g/mol. The van der Waals surface area contributed by atoms with E-state index < -0.39 is 4.92 Å². The summed E-state index contributed by atoms with van der Waals surface area (Å²) in [6.07, 6.45) is 0. The number of amides is 1. The van der Waals surface area contributed by atoms with Crippen LogP contribution in [0, 0.1) is 17.0 Å². The molecule has 0 aliphatic rings. The molecule has 0 saturated carbocycles. The lowest BCUT2D eigenvalue weighted by molar-refractivity contribution is -0.384. The van der Waals surface area contributed by atoms with Gasteiger partial charge in [-0.3, -0.25) is 14.9 Å². The van der Waals surface area contributed by atoms with Crippen LogP contribution in [0.4, 0.5) is 5.69 Å².